The van der Waals surface area contributed by atoms with Crippen LogP contribution in [0.25, 0.3) is 0 Å². The molecule has 0 aromatic heterocycles. The fourth-order valence-electron chi connectivity index (χ4n) is 7.81. The molecule has 3 heterocycles. The molecule has 2 aliphatic carbocycles. The van der Waals surface area contributed by atoms with E-state index in [1.807, 2.05) is 13.8 Å². The van der Waals surface area contributed by atoms with Crippen molar-refractivity contribution in [2.45, 2.75) is 67.2 Å². The Hall–Kier alpha value is -2.68. The van der Waals surface area contributed by atoms with Crippen LogP contribution in [0.1, 0.15) is 67.2 Å². The number of piperidine rings is 2. The summed E-state index contributed by atoms with van der Waals surface area (Å²) in [5, 5.41) is 0. The normalized spacial score (nSPS) is 35.0. The van der Waals surface area contributed by atoms with Gasteiger partial charge in [0.1, 0.15) is 0 Å². The average Bonchev–Trinajstić information content (AvgIpc) is 3.22. The second-order valence-corrected chi connectivity index (χ2v) is 14.0. The number of hydrogen-bond acceptors (Lipinski definition) is 6. The topological polar surface area (TPSA) is 81.2 Å². The molecular weight excluding hydrogens is 504 g/mol. The van der Waals surface area contributed by atoms with Crippen LogP contribution in [0.3, 0.4) is 0 Å². The Kier molecular flexibility index (Phi) is 7.21. The quantitative estimate of drug-likeness (QED) is 0.396. The van der Waals surface area contributed by atoms with Crippen LogP contribution >= 0.6 is 0 Å². The molecule has 3 saturated heterocycles. The Morgan fingerprint density at radius 2 is 0.900 bits per heavy atom. The Morgan fingerprint density at radius 1 is 0.575 bits per heavy atom. The maximum atomic E-state index is 13.1. The Balaban J connectivity index is 1.05. The standard InChI is InChI=1S/C32H44N4O4/c1-29(2)23-11-13-31(29,5)27(39)35(25(23)37)17-9-7-15-33-19-21-34(22-20-33)16-8-10-18-36-26(38)24-12-14-32(6,28(36)40)30(24,3)4/h23-24H,11-22H2,1-6H3/t23-,24+,31-,32-/m0/s1. The van der Waals surface area contributed by atoms with Gasteiger partial charge in [-0.15, -0.1) is 0 Å². The Bertz CT molecular complexity index is 1140. The van der Waals surface area contributed by atoms with Crippen molar-refractivity contribution >= 4 is 23.6 Å². The van der Waals surface area contributed by atoms with Crippen LogP contribution in [0.2, 0.25) is 0 Å². The van der Waals surface area contributed by atoms with Crippen molar-refractivity contribution < 1.29 is 19.2 Å². The van der Waals surface area contributed by atoms with Crippen molar-refractivity contribution in [2.24, 2.45) is 33.5 Å². The maximum Gasteiger partial charge on any atom is 0.236 e. The summed E-state index contributed by atoms with van der Waals surface area (Å²) in [7, 11) is 0. The number of piperazine rings is 1. The van der Waals surface area contributed by atoms with Crippen LogP contribution in [0.15, 0.2) is 0 Å². The van der Waals surface area contributed by atoms with Crippen molar-refractivity contribution in [3.63, 3.8) is 0 Å². The van der Waals surface area contributed by atoms with Crippen LogP contribution in [-0.4, -0.2) is 95.6 Å². The van der Waals surface area contributed by atoms with Crippen molar-refractivity contribution in [1.29, 1.82) is 0 Å². The highest BCUT2D eigenvalue weighted by Crippen LogP contribution is 2.61. The highest BCUT2D eigenvalue weighted by molar-refractivity contribution is 6.04. The molecule has 3 aliphatic heterocycles. The highest BCUT2D eigenvalue weighted by atomic mass is 16.2. The lowest BCUT2D eigenvalue weighted by molar-refractivity contribution is -0.168. The SMILES string of the molecule is CC1(C)[C@@H]2CC[C@@]1(C)C(=O)N(CC#CCN1CCN(CC#CCN3C(=O)[C@@H]4CC[C@@](C)(C3=O)C4(C)C)CC1)C2=O. The number of nitrogens with zero attached hydrogens (tertiary/aromatic N) is 4. The van der Waals surface area contributed by atoms with Crippen molar-refractivity contribution in [3.8, 4) is 23.7 Å². The number of hydrogen-bond donors (Lipinski definition) is 0. The van der Waals surface area contributed by atoms with E-state index in [1.54, 1.807) is 0 Å². The molecule has 8 heteroatoms. The summed E-state index contributed by atoms with van der Waals surface area (Å²) in [5.74, 6) is 12.1. The molecule has 0 unspecified atom stereocenters. The van der Waals surface area contributed by atoms with Gasteiger partial charge in [-0.1, -0.05) is 65.2 Å². The molecule has 0 radical (unpaired) electrons. The van der Waals surface area contributed by atoms with Crippen molar-refractivity contribution in [1.82, 2.24) is 19.6 Å². The number of amides is 4. The molecular formula is C32H44N4O4. The summed E-state index contributed by atoms with van der Waals surface area (Å²) in [6.07, 6.45) is 3.08. The first kappa shape index (κ1) is 28.8. The third kappa shape index (κ3) is 4.22. The van der Waals surface area contributed by atoms with E-state index in [0.29, 0.717) is 13.1 Å². The molecule has 40 heavy (non-hydrogen) atoms. The van der Waals surface area contributed by atoms with Gasteiger partial charge in [-0.05, 0) is 36.5 Å². The molecule has 8 nitrogen and oxygen atoms in total. The van der Waals surface area contributed by atoms with E-state index in [4.69, 9.17) is 0 Å². The molecule has 5 fully saturated rings. The van der Waals surface area contributed by atoms with Gasteiger partial charge >= 0.3 is 0 Å². The molecule has 2 saturated carbocycles. The summed E-state index contributed by atoms with van der Waals surface area (Å²) >= 11 is 0. The van der Waals surface area contributed by atoms with E-state index < -0.39 is 10.8 Å². The first-order valence-corrected chi connectivity index (χ1v) is 14.8. The van der Waals surface area contributed by atoms with Gasteiger partial charge < -0.3 is 0 Å². The zero-order valence-electron chi connectivity index (χ0n) is 25.1. The molecule has 5 rings (SSSR count). The van der Waals surface area contributed by atoms with Crippen molar-refractivity contribution in [3.05, 3.63) is 0 Å². The van der Waals surface area contributed by atoms with Crippen molar-refractivity contribution in [2.75, 3.05) is 52.4 Å². The Morgan fingerprint density at radius 3 is 1.25 bits per heavy atom. The lowest BCUT2D eigenvalue weighted by Gasteiger charge is -2.47. The van der Waals surface area contributed by atoms with Gasteiger partial charge in [-0.2, -0.15) is 0 Å². The fourth-order valence-corrected chi connectivity index (χ4v) is 7.81. The van der Waals surface area contributed by atoms with Gasteiger partial charge in [0.15, 0.2) is 0 Å². The first-order chi connectivity index (χ1) is 18.8. The molecule has 4 amide bonds. The summed E-state index contributed by atoms with van der Waals surface area (Å²) in [4.78, 5) is 59.5. The van der Waals surface area contributed by atoms with E-state index in [1.165, 1.54) is 9.80 Å². The smallest absolute Gasteiger partial charge is 0.236 e. The summed E-state index contributed by atoms with van der Waals surface area (Å²) < 4.78 is 0. The maximum absolute atomic E-state index is 13.1. The lowest BCUT2D eigenvalue weighted by Crippen LogP contribution is -2.59. The van der Waals surface area contributed by atoms with Crippen LogP contribution < -0.4 is 0 Å². The second-order valence-electron chi connectivity index (χ2n) is 14.0. The number of carbonyl (C=O) groups excluding carboxylic acids is 4. The third-order valence-electron chi connectivity index (χ3n) is 11.8. The fraction of sp³-hybridized carbons (Fsp3) is 0.750. The number of carbonyl (C=O) groups is 4. The average molecular weight is 549 g/mol. The van der Waals surface area contributed by atoms with E-state index in [-0.39, 0.29) is 59.4 Å². The second kappa shape index (κ2) is 10.00. The summed E-state index contributed by atoms with van der Waals surface area (Å²) in [6, 6.07) is 0. The molecule has 0 N–H and O–H groups in total. The van der Waals surface area contributed by atoms with E-state index in [2.05, 4.69) is 61.2 Å². The van der Waals surface area contributed by atoms with Gasteiger partial charge in [-0.3, -0.25) is 38.8 Å². The van der Waals surface area contributed by atoms with Crippen LogP contribution in [0, 0.1) is 57.2 Å². The summed E-state index contributed by atoms with van der Waals surface area (Å²) in [5.41, 5.74) is -1.57. The number of fused-ring (bicyclic) bond motifs is 4. The largest absolute Gasteiger partial charge is 0.290 e. The molecule has 216 valence electrons. The van der Waals surface area contributed by atoms with Crippen LogP contribution in [0.4, 0.5) is 0 Å². The monoisotopic (exact) mass is 548 g/mol. The van der Waals surface area contributed by atoms with E-state index >= 15 is 0 Å². The zero-order valence-corrected chi connectivity index (χ0v) is 25.1. The van der Waals surface area contributed by atoms with Gasteiger partial charge in [0.05, 0.1) is 37.0 Å². The van der Waals surface area contributed by atoms with Gasteiger partial charge in [-0.25, -0.2) is 0 Å². The minimum atomic E-state index is -0.486. The predicted octanol–water partition coefficient (Wildman–Crippen LogP) is 2.23. The molecule has 0 aromatic carbocycles. The number of likely N-dealkylation sites (tertiary alicyclic amines) is 2. The van der Waals surface area contributed by atoms with E-state index in [0.717, 1.165) is 51.9 Å². The number of rotatable bonds is 4. The molecule has 4 bridgehead atoms. The predicted molar refractivity (Wildman–Crippen MR) is 151 cm³/mol. The van der Waals surface area contributed by atoms with Gasteiger partial charge in [0.25, 0.3) is 0 Å². The number of imide groups is 2. The zero-order chi connectivity index (χ0) is 29.1. The Labute approximate surface area is 239 Å². The molecule has 4 atom stereocenters. The summed E-state index contributed by atoms with van der Waals surface area (Å²) in [6.45, 7) is 17.2. The van der Waals surface area contributed by atoms with Gasteiger partial charge in [0, 0.05) is 38.0 Å². The van der Waals surface area contributed by atoms with E-state index in [9.17, 15) is 19.2 Å². The minimum Gasteiger partial charge on any atom is -0.290 e. The molecule has 0 spiro atoms. The molecule has 5 aliphatic rings. The first-order valence-electron chi connectivity index (χ1n) is 14.8. The van der Waals surface area contributed by atoms with Crippen LogP contribution in [-0.2, 0) is 19.2 Å². The molecule has 0 aromatic rings. The lowest BCUT2D eigenvalue weighted by atomic mass is 9.62. The minimum absolute atomic E-state index is 0.0617. The van der Waals surface area contributed by atoms with Gasteiger partial charge in [0.2, 0.25) is 23.6 Å². The third-order valence-corrected chi connectivity index (χ3v) is 11.8. The highest BCUT2D eigenvalue weighted by Gasteiger charge is 2.65. The van der Waals surface area contributed by atoms with Crippen LogP contribution in [0.5, 0.6) is 0 Å².